The zero-order valence-corrected chi connectivity index (χ0v) is 16.7. The summed E-state index contributed by atoms with van der Waals surface area (Å²) in [5.74, 6) is 0. The summed E-state index contributed by atoms with van der Waals surface area (Å²) in [6.45, 7) is 0. The van der Waals surface area contributed by atoms with Crippen LogP contribution in [0.1, 0.15) is 27.9 Å². The van der Waals surface area contributed by atoms with Gasteiger partial charge in [0.1, 0.15) is 0 Å². The quantitative estimate of drug-likeness (QED) is 0.394. The van der Waals surface area contributed by atoms with Gasteiger partial charge in [0.2, 0.25) is 0 Å². The fourth-order valence-corrected chi connectivity index (χ4v) is 5.12. The van der Waals surface area contributed by atoms with E-state index in [1.54, 1.807) is 0 Å². The Kier molecular flexibility index (Phi) is 3.82. The van der Waals surface area contributed by atoms with E-state index in [-0.39, 0.29) is 0 Å². The molecular formula is C28H20N2. The van der Waals surface area contributed by atoms with Gasteiger partial charge in [0, 0.05) is 22.4 Å². The second-order valence-corrected chi connectivity index (χ2v) is 8.14. The van der Waals surface area contributed by atoms with E-state index in [1.165, 1.54) is 44.6 Å². The van der Waals surface area contributed by atoms with Crippen molar-refractivity contribution in [3.8, 4) is 39.6 Å². The molecule has 0 saturated carbocycles. The summed E-state index contributed by atoms with van der Waals surface area (Å²) in [5.41, 5.74) is 13.6. The molecular weight excluding hydrogens is 364 g/mol. The molecule has 0 bridgehead atoms. The fourth-order valence-electron chi connectivity index (χ4n) is 5.12. The van der Waals surface area contributed by atoms with Crippen molar-refractivity contribution in [2.45, 2.75) is 25.7 Å². The van der Waals surface area contributed by atoms with Crippen LogP contribution >= 0.6 is 0 Å². The van der Waals surface area contributed by atoms with Crippen LogP contribution in [0.15, 0.2) is 72.8 Å². The summed E-state index contributed by atoms with van der Waals surface area (Å²) in [6, 6.07) is 27.7. The molecule has 2 heteroatoms. The van der Waals surface area contributed by atoms with Crippen LogP contribution in [-0.2, 0) is 25.7 Å². The summed E-state index contributed by atoms with van der Waals surface area (Å²) in [5, 5.41) is 9.21. The summed E-state index contributed by atoms with van der Waals surface area (Å²) in [6.07, 6.45) is 4.12. The lowest BCUT2D eigenvalue weighted by atomic mass is 9.76. The van der Waals surface area contributed by atoms with Gasteiger partial charge in [0.25, 0.3) is 0 Å². The number of aryl methyl sites for hydroxylation is 3. The molecule has 6 rings (SSSR count). The largest absolute Gasteiger partial charge is 0.252 e. The maximum Gasteiger partial charge on any atom is 0.0991 e. The average molecular weight is 384 g/mol. The van der Waals surface area contributed by atoms with Gasteiger partial charge in [-0.3, -0.25) is 4.98 Å². The molecule has 0 atom stereocenters. The number of nitrogens with zero attached hydrogens (tertiary/aromatic N) is 2. The number of hydrogen-bond donors (Lipinski definition) is 0. The molecule has 2 aliphatic rings. The Morgan fingerprint density at radius 3 is 2.00 bits per heavy atom. The summed E-state index contributed by atoms with van der Waals surface area (Å²) < 4.78 is 0. The zero-order valence-electron chi connectivity index (χ0n) is 16.7. The molecule has 2 aliphatic carbocycles. The first-order valence-corrected chi connectivity index (χ1v) is 10.6. The van der Waals surface area contributed by atoms with Crippen molar-refractivity contribution in [3.05, 3.63) is 101 Å². The molecule has 0 aliphatic heterocycles. The Bertz CT molecular complexity index is 1340. The van der Waals surface area contributed by atoms with E-state index in [0.717, 1.165) is 36.9 Å². The van der Waals surface area contributed by atoms with Crippen molar-refractivity contribution in [1.29, 1.82) is 5.26 Å². The van der Waals surface area contributed by atoms with E-state index in [4.69, 9.17) is 4.98 Å². The van der Waals surface area contributed by atoms with Crippen molar-refractivity contribution >= 4 is 0 Å². The van der Waals surface area contributed by atoms with Gasteiger partial charge >= 0.3 is 0 Å². The van der Waals surface area contributed by atoms with Crippen LogP contribution in [0.4, 0.5) is 0 Å². The molecule has 0 fully saturated rings. The smallest absolute Gasteiger partial charge is 0.0991 e. The van der Waals surface area contributed by atoms with Crippen LogP contribution in [0.25, 0.3) is 33.5 Å². The Morgan fingerprint density at radius 1 is 0.667 bits per heavy atom. The van der Waals surface area contributed by atoms with Crippen LogP contribution in [0.5, 0.6) is 0 Å². The molecule has 1 aromatic heterocycles. The van der Waals surface area contributed by atoms with E-state index in [2.05, 4.69) is 54.6 Å². The van der Waals surface area contributed by atoms with Gasteiger partial charge in [-0.05, 0) is 65.6 Å². The van der Waals surface area contributed by atoms with Gasteiger partial charge in [-0.15, -0.1) is 0 Å². The Labute approximate surface area is 176 Å². The molecule has 3 aromatic carbocycles. The first kappa shape index (κ1) is 17.2. The second-order valence-electron chi connectivity index (χ2n) is 8.14. The maximum atomic E-state index is 9.21. The molecule has 4 aromatic rings. The number of hydrogen-bond acceptors (Lipinski definition) is 2. The van der Waals surface area contributed by atoms with Crippen LogP contribution in [-0.4, -0.2) is 4.98 Å². The van der Waals surface area contributed by atoms with Gasteiger partial charge in [-0.2, -0.15) is 5.26 Å². The van der Waals surface area contributed by atoms with Crippen molar-refractivity contribution in [3.63, 3.8) is 0 Å². The summed E-state index contributed by atoms with van der Waals surface area (Å²) in [4.78, 5) is 5.27. The van der Waals surface area contributed by atoms with E-state index < -0.39 is 0 Å². The molecule has 1 heterocycles. The van der Waals surface area contributed by atoms with Crippen LogP contribution in [0.3, 0.4) is 0 Å². The Balaban J connectivity index is 1.69. The summed E-state index contributed by atoms with van der Waals surface area (Å²) >= 11 is 0. The lowest BCUT2D eigenvalue weighted by Crippen LogP contribution is -2.15. The van der Waals surface area contributed by atoms with Crippen molar-refractivity contribution in [2.75, 3.05) is 0 Å². The maximum absolute atomic E-state index is 9.21. The van der Waals surface area contributed by atoms with Gasteiger partial charge in [-0.25, -0.2) is 0 Å². The third-order valence-electron chi connectivity index (χ3n) is 6.51. The lowest BCUT2D eigenvalue weighted by molar-refractivity contribution is 0.871. The van der Waals surface area contributed by atoms with Crippen LogP contribution in [0.2, 0.25) is 0 Å². The highest BCUT2D eigenvalue weighted by Gasteiger charge is 2.29. The minimum Gasteiger partial charge on any atom is -0.252 e. The SMILES string of the molecule is N#Cc1ccc(-c2nc3c(c4c2-c2ccccc2CC4)-c2ccccc2CC3)cc1. The van der Waals surface area contributed by atoms with Crippen molar-refractivity contribution < 1.29 is 0 Å². The number of benzene rings is 3. The first-order valence-electron chi connectivity index (χ1n) is 10.6. The topological polar surface area (TPSA) is 36.7 Å². The van der Waals surface area contributed by atoms with Crippen LogP contribution in [0, 0.1) is 11.3 Å². The van der Waals surface area contributed by atoms with Gasteiger partial charge in [-0.1, -0.05) is 60.7 Å². The predicted octanol–water partition coefficient (Wildman–Crippen LogP) is 6.15. The van der Waals surface area contributed by atoms with E-state index in [9.17, 15) is 5.26 Å². The number of aromatic nitrogens is 1. The minimum absolute atomic E-state index is 0.680. The average Bonchev–Trinajstić information content (AvgIpc) is 2.83. The van der Waals surface area contributed by atoms with E-state index in [1.807, 2.05) is 24.3 Å². The lowest BCUT2D eigenvalue weighted by Gasteiger charge is -2.30. The molecule has 2 nitrogen and oxygen atoms in total. The molecule has 0 unspecified atom stereocenters. The van der Waals surface area contributed by atoms with Crippen molar-refractivity contribution in [1.82, 2.24) is 4.98 Å². The number of pyridine rings is 1. The van der Waals surface area contributed by atoms with E-state index >= 15 is 0 Å². The minimum atomic E-state index is 0.680. The zero-order chi connectivity index (χ0) is 20.1. The number of fused-ring (bicyclic) bond motifs is 7. The van der Waals surface area contributed by atoms with Gasteiger partial charge in [0.05, 0.1) is 17.3 Å². The molecule has 0 radical (unpaired) electrons. The molecule has 0 spiro atoms. The Morgan fingerprint density at radius 2 is 1.30 bits per heavy atom. The first-order chi connectivity index (χ1) is 14.8. The second kappa shape index (κ2) is 6.68. The normalized spacial score (nSPS) is 13.4. The number of nitriles is 1. The van der Waals surface area contributed by atoms with E-state index in [0.29, 0.717) is 5.56 Å². The van der Waals surface area contributed by atoms with Gasteiger partial charge < -0.3 is 0 Å². The van der Waals surface area contributed by atoms with Crippen LogP contribution < -0.4 is 0 Å². The standard InChI is InChI=1S/C28H20N2/c29-17-18-9-11-21(12-10-18)28-27-23-8-4-2-5-19(23)13-15-24(27)26-22-7-3-1-6-20(22)14-16-25(26)30-28/h1-12H,13-16H2. The Hall–Kier alpha value is -3.70. The highest BCUT2D eigenvalue weighted by atomic mass is 14.7. The molecule has 30 heavy (non-hydrogen) atoms. The predicted molar refractivity (Wildman–Crippen MR) is 120 cm³/mol. The van der Waals surface area contributed by atoms with Crippen molar-refractivity contribution in [2.24, 2.45) is 0 Å². The molecule has 0 N–H and O–H groups in total. The number of rotatable bonds is 1. The molecule has 0 saturated heterocycles. The monoisotopic (exact) mass is 384 g/mol. The highest BCUT2D eigenvalue weighted by Crippen LogP contribution is 2.47. The molecule has 0 amide bonds. The fraction of sp³-hybridized carbons (Fsp3) is 0.143. The third kappa shape index (κ3) is 2.52. The van der Waals surface area contributed by atoms with Gasteiger partial charge in [0.15, 0.2) is 0 Å². The summed E-state index contributed by atoms with van der Waals surface area (Å²) in [7, 11) is 0. The third-order valence-corrected chi connectivity index (χ3v) is 6.51. The molecule has 142 valence electrons. The highest BCUT2D eigenvalue weighted by molar-refractivity contribution is 5.92.